The lowest BCUT2D eigenvalue weighted by atomic mass is 10.0. The van der Waals surface area contributed by atoms with Crippen LogP contribution in [0, 0.1) is 13.8 Å². The van der Waals surface area contributed by atoms with Gasteiger partial charge in [-0.05, 0) is 49.1 Å². The van der Waals surface area contributed by atoms with E-state index in [1.165, 1.54) is 0 Å². The van der Waals surface area contributed by atoms with Crippen molar-refractivity contribution in [1.29, 1.82) is 0 Å². The van der Waals surface area contributed by atoms with Crippen LogP contribution in [-0.4, -0.2) is 35.9 Å². The number of carbonyl (C=O) groups is 2. The summed E-state index contributed by atoms with van der Waals surface area (Å²) in [6, 6.07) is 22.2. The third-order valence-electron chi connectivity index (χ3n) is 5.80. The number of amides is 2. The number of carbonyl (C=O) groups excluding carboxylic acids is 2. The highest BCUT2D eigenvalue weighted by Crippen LogP contribution is 2.22. The van der Waals surface area contributed by atoms with Gasteiger partial charge in [-0.3, -0.25) is 9.59 Å². The lowest BCUT2D eigenvalue weighted by Crippen LogP contribution is -2.51. The molecule has 184 valence electrons. The van der Waals surface area contributed by atoms with Gasteiger partial charge in [0.15, 0.2) is 6.61 Å². The summed E-state index contributed by atoms with van der Waals surface area (Å²) in [5.41, 5.74) is 3.82. The standard InChI is InChI=1S/C29H33ClN2O3/c1-4-16-31-29(34)26(18-23-10-6-5-7-11-23)32(19-24-12-8-9-13-25(24)30)28(33)20-35-27-15-14-21(2)17-22(27)3/h5-15,17,26H,4,16,18-20H2,1-3H3,(H,31,34)/t26-/m0/s1. The average molecular weight is 493 g/mol. The van der Waals surface area contributed by atoms with E-state index in [9.17, 15) is 9.59 Å². The van der Waals surface area contributed by atoms with Crippen molar-refractivity contribution in [2.24, 2.45) is 0 Å². The predicted molar refractivity (Wildman–Crippen MR) is 141 cm³/mol. The van der Waals surface area contributed by atoms with Crippen LogP contribution in [0.2, 0.25) is 5.02 Å². The number of benzene rings is 3. The zero-order chi connectivity index (χ0) is 25.2. The number of nitrogens with one attached hydrogen (secondary N) is 1. The van der Waals surface area contributed by atoms with Gasteiger partial charge in [0.2, 0.25) is 5.91 Å². The monoisotopic (exact) mass is 492 g/mol. The Morgan fingerprint density at radius 1 is 1.00 bits per heavy atom. The van der Waals surface area contributed by atoms with Crippen LogP contribution in [0.3, 0.4) is 0 Å². The maximum atomic E-state index is 13.6. The fraction of sp³-hybridized carbons (Fsp3) is 0.310. The van der Waals surface area contributed by atoms with Crippen molar-refractivity contribution < 1.29 is 14.3 Å². The fourth-order valence-electron chi connectivity index (χ4n) is 3.91. The molecule has 3 rings (SSSR count). The minimum absolute atomic E-state index is 0.180. The van der Waals surface area contributed by atoms with E-state index in [1.807, 2.05) is 87.5 Å². The maximum Gasteiger partial charge on any atom is 0.261 e. The summed E-state index contributed by atoms with van der Waals surface area (Å²) in [5, 5.41) is 3.52. The Morgan fingerprint density at radius 2 is 1.71 bits per heavy atom. The number of hydrogen-bond acceptors (Lipinski definition) is 3. The van der Waals surface area contributed by atoms with Gasteiger partial charge in [-0.25, -0.2) is 0 Å². The normalized spacial score (nSPS) is 11.5. The third kappa shape index (κ3) is 7.59. The van der Waals surface area contributed by atoms with Crippen LogP contribution >= 0.6 is 11.6 Å². The van der Waals surface area contributed by atoms with Crippen molar-refractivity contribution in [1.82, 2.24) is 10.2 Å². The summed E-state index contributed by atoms with van der Waals surface area (Å²) < 4.78 is 5.91. The molecule has 0 aromatic heterocycles. The predicted octanol–water partition coefficient (Wildman–Crippen LogP) is 5.50. The van der Waals surface area contributed by atoms with Crippen molar-refractivity contribution >= 4 is 23.4 Å². The van der Waals surface area contributed by atoms with Crippen molar-refractivity contribution in [3.05, 3.63) is 100 Å². The second kappa shape index (κ2) is 13.0. The summed E-state index contributed by atoms with van der Waals surface area (Å²) >= 11 is 6.44. The van der Waals surface area contributed by atoms with E-state index < -0.39 is 6.04 Å². The number of aryl methyl sites for hydroxylation is 2. The molecule has 0 aliphatic rings. The van der Waals surface area contributed by atoms with Crippen LogP contribution in [0.5, 0.6) is 5.75 Å². The van der Waals surface area contributed by atoms with E-state index in [-0.39, 0.29) is 25.0 Å². The first-order valence-electron chi connectivity index (χ1n) is 11.9. The molecule has 0 spiro atoms. The first-order valence-corrected chi connectivity index (χ1v) is 12.3. The summed E-state index contributed by atoms with van der Waals surface area (Å²) in [5.74, 6) is 0.178. The molecular weight excluding hydrogens is 460 g/mol. The van der Waals surface area contributed by atoms with Gasteiger partial charge in [0, 0.05) is 24.5 Å². The van der Waals surface area contributed by atoms with Crippen molar-refractivity contribution in [2.45, 2.75) is 46.2 Å². The largest absolute Gasteiger partial charge is 0.483 e. The van der Waals surface area contributed by atoms with Gasteiger partial charge in [0.05, 0.1) is 0 Å². The van der Waals surface area contributed by atoms with Gasteiger partial charge < -0.3 is 15.0 Å². The number of rotatable bonds is 11. The van der Waals surface area contributed by atoms with Crippen molar-refractivity contribution in [2.75, 3.05) is 13.2 Å². The molecule has 3 aromatic carbocycles. The second-order valence-corrected chi connectivity index (χ2v) is 9.07. The Morgan fingerprint density at radius 3 is 2.40 bits per heavy atom. The smallest absolute Gasteiger partial charge is 0.261 e. The number of ether oxygens (including phenoxy) is 1. The van der Waals surface area contributed by atoms with Crippen molar-refractivity contribution in [3.63, 3.8) is 0 Å². The molecule has 6 heteroatoms. The van der Waals surface area contributed by atoms with Gasteiger partial charge in [-0.1, -0.05) is 84.8 Å². The van der Waals surface area contributed by atoms with E-state index in [4.69, 9.17) is 16.3 Å². The Labute approximate surface area is 213 Å². The van der Waals surface area contributed by atoms with Gasteiger partial charge in [0.25, 0.3) is 5.91 Å². The number of nitrogens with zero attached hydrogens (tertiary/aromatic N) is 1. The quantitative estimate of drug-likeness (QED) is 0.384. The molecule has 0 radical (unpaired) electrons. The molecular formula is C29H33ClN2O3. The molecule has 0 bridgehead atoms. The highest BCUT2D eigenvalue weighted by atomic mass is 35.5. The van der Waals surface area contributed by atoms with E-state index >= 15 is 0 Å². The first-order chi connectivity index (χ1) is 16.9. The van der Waals surface area contributed by atoms with Gasteiger partial charge >= 0.3 is 0 Å². The lowest BCUT2D eigenvalue weighted by molar-refractivity contribution is -0.142. The molecule has 35 heavy (non-hydrogen) atoms. The summed E-state index contributed by atoms with van der Waals surface area (Å²) in [4.78, 5) is 28.5. The second-order valence-electron chi connectivity index (χ2n) is 8.67. The van der Waals surface area contributed by atoms with Crippen LogP contribution in [0.1, 0.15) is 35.6 Å². The van der Waals surface area contributed by atoms with E-state index in [0.717, 1.165) is 28.7 Å². The summed E-state index contributed by atoms with van der Waals surface area (Å²) in [7, 11) is 0. The Kier molecular flexibility index (Phi) is 9.74. The van der Waals surface area contributed by atoms with Crippen LogP contribution in [0.15, 0.2) is 72.8 Å². The molecule has 0 aliphatic heterocycles. The van der Waals surface area contributed by atoms with Crippen LogP contribution < -0.4 is 10.1 Å². The Balaban J connectivity index is 1.91. The van der Waals surface area contributed by atoms with E-state index in [1.54, 1.807) is 11.0 Å². The molecule has 0 saturated heterocycles. The Hall–Kier alpha value is -3.31. The van der Waals surface area contributed by atoms with Gasteiger partial charge in [-0.2, -0.15) is 0 Å². The van der Waals surface area contributed by atoms with Crippen LogP contribution in [-0.2, 0) is 22.6 Å². The summed E-state index contributed by atoms with van der Waals surface area (Å²) in [6.45, 7) is 6.52. The third-order valence-corrected chi connectivity index (χ3v) is 6.17. The molecule has 5 nitrogen and oxygen atoms in total. The molecule has 0 aliphatic carbocycles. The van der Waals surface area contributed by atoms with Gasteiger partial charge in [0.1, 0.15) is 11.8 Å². The maximum absolute atomic E-state index is 13.6. The zero-order valence-corrected chi connectivity index (χ0v) is 21.3. The fourth-order valence-corrected chi connectivity index (χ4v) is 4.11. The molecule has 0 saturated carbocycles. The number of hydrogen-bond donors (Lipinski definition) is 1. The lowest BCUT2D eigenvalue weighted by Gasteiger charge is -2.31. The molecule has 0 unspecified atom stereocenters. The number of halogens is 1. The molecule has 3 aromatic rings. The minimum Gasteiger partial charge on any atom is -0.483 e. The molecule has 1 atom stereocenters. The SMILES string of the molecule is CCCNC(=O)[C@H](Cc1ccccc1)N(Cc1ccccc1Cl)C(=O)COc1ccc(C)cc1C. The Bertz CT molecular complexity index is 1130. The molecule has 0 heterocycles. The average Bonchev–Trinajstić information content (AvgIpc) is 2.85. The van der Waals surface area contributed by atoms with Crippen molar-refractivity contribution in [3.8, 4) is 5.75 Å². The van der Waals surface area contributed by atoms with Crippen LogP contribution in [0.25, 0.3) is 0 Å². The first kappa shape index (κ1) is 26.3. The molecule has 2 amide bonds. The topological polar surface area (TPSA) is 58.6 Å². The zero-order valence-electron chi connectivity index (χ0n) is 20.6. The van der Waals surface area contributed by atoms with Gasteiger partial charge in [-0.15, -0.1) is 0 Å². The van der Waals surface area contributed by atoms with Crippen LogP contribution in [0.4, 0.5) is 0 Å². The highest BCUT2D eigenvalue weighted by Gasteiger charge is 2.31. The molecule has 0 fully saturated rings. The minimum atomic E-state index is -0.713. The van der Waals surface area contributed by atoms with E-state index in [2.05, 4.69) is 5.32 Å². The highest BCUT2D eigenvalue weighted by molar-refractivity contribution is 6.31. The summed E-state index contributed by atoms with van der Waals surface area (Å²) in [6.07, 6.45) is 1.19. The molecule has 1 N–H and O–H groups in total. The van der Waals surface area contributed by atoms with E-state index in [0.29, 0.717) is 23.7 Å².